The summed E-state index contributed by atoms with van der Waals surface area (Å²) >= 11 is 5.85. The van der Waals surface area contributed by atoms with E-state index >= 15 is 0 Å². The molecule has 16 heavy (non-hydrogen) atoms. The van der Waals surface area contributed by atoms with Crippen LogP contribution in [-0.4, -0.2) is 28.8 Å². The molecule has 1 aliphatic rings. The van der Waals surface area contributed by atoms with Crippen molar-refractivity contribution in [2.45, 2.75) is 12.8 Å². The van der Waals surface area contributed by atoms with Crippen molar-refractivity contribution in [3.63, 3.8) is 0 Å². The second kappa shape index (κ2) is 4.14. The Morgan fingerprint density at radius 1 is 1.44 bits per heavy atom. The van der Waals surface area contributed by atoms with Crippen LogP contribution in [0.2, 0.25) is 5.02 Å². The Balaban J connectivity index is 2.41. The van der Waals surface area contributed by atoms with Crippen molar-refractivity contribution >= 4 is 23.2 Å². The van der Waals surface area contributed by atoms with E-state index in [4.69, 9.17) is 11.6 Å². The molecule has 0 aromatic heterocycles. The van der Waals surface area contributed by atoms with Gasteiger partial charge in [0.15, 0.2) is 0 Å². The second-order valence-corrected chi connectivity index (χ2v) is 4.06. The molecule has 0 spiro atoms. The van der Waals surface area contributed by atoms with Crippen LogP contribution in [0.25, 0.3) is 0 Å². The Kier molecular flexibility index (Phi) is 2.83. The highest BCUT2D eigenvalue weighted by Gasteiger charge is 2.20. The number of benzene rings is 1. The fraction of sp³-hybridized carbons (Fsp3) is 0.273. The minimum atomic E-state index is -0.0229. The van der Waals surface area contributed by atoms with Crippen LogP contribution >= 0.6 is 11.6 Å². The topological polar surface area (TPSA) is 52.9 Å². The summed E-state index contributed by atoms with van der Waals surface area (Å²) < 4.78 is 0. The Morgan fingerprint density at radius 2 is 2.19 bits per heavy atom. The molecule has 0 fully saturated rings. The molecule has 1 aromatic carbocycles. The number of nitrogens with zero attached hydrogens (tertiary/aromatic N) is 2. The lowest BCUT2D eigenvalue weighted by molar-refractivity contribution is -0.130. The maximum atomic E-state index is 11.3. The van der Waals surface area contributed by atoms with Gasteiger partial charge in [-0.05, 0) is 18.2 Å². The summed E-state index contributed by atoms with van der Waals surface area (Å²) in [5.74, 6) is 0.108. The predicted octanol–water partition coefficient (Wildman–Crippen LogP) is 2.00. The normalized spacial score (nSPS) is 16.2. The van der Waals surface area contributed by atoms with Crippen molar-refractivity contribution in [1.82, 2.24) is 5.01 Å². The van der Waals surface area contributed by atoms with E-state index in [1.807, 2.05) is 0 Å². The van der Waals surface area contributed by atoms with Gasteiger partial charge in [-0.15, -0.1) is 0 Å². The molecule has 0 atom stereocenters. The van der Waals surface area contributed by atoms with Crippen molar-refractivity contribution in [2.75, 3.05) is 7.05 Å². The lowest BCUT2D eigenvalue weighted by Crippen LogP contribution is -2.28. The van der Waals surface area contributed by atoms with E-state index in [9.17, 15) is 9.90 Å². The van der Waals surface area contributed by atoms with Gasteiger partial charge in [-0.25, -0.2) is 5.01 Å². The lowest BCUT2D eigenvalue weighted by atomic mass is 10.0. The number of carbonyl (C=O) groups excluding carboxylic acids is 1. The van der Waals surface area contributed by atoms with E-state index in [2.05, 4.69) is 5.10 Å². The standard InChI is InChI=1S/C11H11ClN2O2/c1-14-11(16)5-3-9(13-14)8-6-7(12)2-4-10(8)15/h2,4,6,15H,3,5H2,1H3. The number of rotatable bonds is 1. The first-order chi connectivity index (χ1) is 7.58. The minimum absolute atomic E-state index is 0.0229. The molecule has 1 amide bonds. The first-order valence-electron chi connectivity index (χ1n) is 4.91. The van der Waals surface area contributed by atoms with Gasteiger partial charge < -0.3 is 5.11 Å². The first-order valence-corrected chi connectivity index (χ1v) is 5.28. The number of hydrogen-bond acceptors (Lipinski definition) is 3. The second-order valence-electron chi connectivity index (χ2n) is 3.63. The zero-order valence-corrected chi connectivity index (χ0v) is 9.53. The minimum Gasteiger partial charge on any atom is -0.507 e. The smallest absolute Gasteiger partial charge is 0.242 e. The summed E-state index contributed by atoms with van der Waals surface area (Å²) in [6.07, 6.45) is 0.929. The quantitative estimate of drug-likeness (QED) is 0.814. The molecule has 1 aliphatic heterocycles. The molecule has 0 saturated heterocycles. The maximum Gasteiger partial charge on any atom is 0.242 e. The molecule has 0 aliphatic carbocycles. The number of phenols is 1. The summed E-state index contributed by atoms with van der Waals surface area (Å²) in [6.45, 7) is 0. The van der Waals surface area contributed by atoms with Crippen LogP contribution in [0.5, 0.6) is 5.75 Å². The monoisotopic (exact) mass is 238 g/mol. The third-order valence-corrected chi connectivity index (χ3v) is 2.71. The highest BCUT2D eigenvalue weighted by Crippen LogP contribution is 2.25. The highest BCUT2D eigenvalue weighted by atomic mass is 35.5. The van der Waals surface area contributed by atoms with Gasteiger partial charge in [0.05, 0.1) is 5.71 Å². The number of hydrazone groups is 1. The van der Waals surface area contributed by atoms with Gasteiger partial charge in [0.2, 0.25) is 5.91 Å². The van der Waals surface area contributed by atoms with E-state index in [1.165, 1.54) is 11.1 Å². The molecule has 5 heteroatoms. The summed E-state index contributed by atoms with van der Waals surface area (Å²) in [5, 5.41) is 15.6. The van der Waals surface area contributed by atoms with Gasteiger partial charge in [-0.2, -0.15) is 5.10 Å². The van der Waals surface area contributed by atoms with E-state index < -0.39 is 0 Å². The third-order valence-electron chi connectivity index (χ3n) is 2.48. The zero-order valence-electron chi connectivity index (χ0n) is 8.77. The van der Waals surface area contributed by atoms with Gasteiger partial charge in [-0.3, -0.25) is 4.79 Å². The molecule has 1 N–H and O–H groups in total. The molecular weight excluding hydrogens is 228 g/mol. The first kappa shape index (κ1) is 11.0. The van der Waals surface area contributed by atoms with Crippen molar-refractivity contribution in [2.24, 2.45) is 5.10 Å². The molecular formula is C11H11ClN2O2. The Bertz CT molecular complexity index is 471. The summed E-state index contributed by atoms with van der Waals surface area (Å²) in [6, 6.07) is 4.79. The largest absolute Gasteiger partial charge is 0.507 e. The van der Waals surface area contributed by atoms with Crippen molar-refractivity contribution < 1.29 is 9.90 Å². The van der Waals surface area contributed by atoms with E-state index in [0.717, 1.165) is 0 Å². The number of phenolic OH excluding ortho intramolecular Hbond substituents is 1. The zero-order chi connectivity index (χ0) is 11.7. The van der Waals surface area contributed by atoms with Crippen LogP contribution < -0.4 is 0 Å². The van der Waals surface area contributed by atoms with E-state index in [0.29, 0.717) is 29.1 Å². The van der Waals surface area contributed by atoms with Crippen molar-refractivity contribution in [3.8, 4) is 5.75 Å². The molecule has 0 unspecified atom stereocenters. The van der Waals surface area contributed by atoms with Crippen LogP contribution in [0.15, 0.2) is 23.3 Å². The van der Waals surface area contributed by atoms with Crippen molar-refractivity contribution in [3.05, 3.63) is 28.8 Å². The molecule has 0 bridgehead atoms. The Hall–Kier alpha value is -1.55. The average molecular weight is 239 g/mol. The molecule has 0 radical (unpaired) electrons. The fourth-order valence-electron chi connectivity index (χ4n) is 1.60. The van der Waals surface area contributed by atoms with E-state index in [-0.39, 0.29) is 11.7 Å². The molecule has 2 rings (SSSR count). The summed E-state index contributed by atoms with van der Waals surface area (Å²) in [7, 11) is 1.60. The predicted molar refractivity (Wildman–Crippen MR) is 61.7 cm³/mol. The third kappa shape index (κ3) is 2.02. The highest BCUT2D eigenvalue weighted by molar-refractivity contribution is 6.31. The molecule has 0 saturated carbocycles. The molecule has 1 aromatic rings. The average Bonchev–Trinajstić information content (AvgIpc) is 2.26. The fourth-order valence-corrected chi connectivity index (χ4v) is 1.77. The number of amides is 1. The van der Waals surface area contributed by atoms with Gasteiger partial charge in [0.25, 0.3) is 0 Å². The maximum absolute atomic E-state index is 11.3. The van der Waals surface area contributed by atoms with Crippen LogP contribution in [-0.2, 0) is 4.79 Å². The van der Waals surface area contributed by atoms with Crippen LogP contribution in [0.3, 0.4) is 0 Å². The van der Waals surface area contributed by atoms with Crippen LogP contribution in [0, 0.1) is 0 Å². The number of hydrogen-bond donors (Lipinski definition) is 1. The number of carbonyl (C=O) groups is 1. The SMILES string of the molecule is CN1N=C(c2cc(Cl)ccc2O)CCC1=O. The lowest BCUT2D eigenvalue weighted by Gasteiger charge is -2.20. The summed E-state index contributed by atoms with van der Waals surface area (Å²) in [5.41, 5.74) is 1.27. The van der Waals surface area contributed by atoms with E-state index in [1.54, 1.807) is 19.2 Å². The van der Waals surface area contributed by atoms with Gasteiger partial charge in [0.1, 0.15) is 5.75 Å². The summed E-state index contributed by atoms with van der Waals surface area (Å²) in [4.78, 5) is 11.3. The Labute approximate surface area is 98.1 Å². The number of aromatic hydroxyl groups is 1. The number of halogens is 1. The Morgan fingerprint density at radius 3 is 2.88 bits per heavy atom. The molecule has 84 valence electrons. The van der Waals surface area contributed by atoms with Crippen LogP contribution in [0.4, 0.5) is 0 Å². The van der Waals surface area contributed by atoms with Gasteiger partial charge >= 0.3 is 0 Å². The van der Waals surface area contributed by atoms with Crippen LogP contribution in [0.1, 0.15) is 18.4 Å². The molecule has 1 heterocycles. The van der Waals surface area contributed by atoms with Gasteiger partial charge in [-0.1, -0.05) is 11.6 Å². The molecule has 4 nitrogen and oxygen atoms in total. The van der Waals surface area contributed by atoms with Crippen molar-refractivity contribution in [1.29, 1.82) is 0 Å². The van der Waals surface area contributed by atoms with Gasteiger partial charge in [0, 0.05) is 30.5 Å².